The maximum absolute atomic E-state index is 12.5. The van der Waals surface area contributed by atoms with Gasteiger partial charge in [0.05, 0.1) is 19.3 Å². The molecule has 116 valence electrons. The number of aryl methyl sites for hydroxylation is 1. The van der Waals surface area contributed by atoms with E-state index in [1.165, 1.54) is 21.8 Å². The van der Waals surface area contributed by atoms with Gasteiger partial charge in [0.15, 0.2) is 11.4 Å². The molecule has 0 spiro atoms. The number of ketones is 1. The van der Waals surface area contributed by atoms with Crippen LogP contribution < -0.4 is 10.3 Å². The molecule has 0 saturated carbocycles. The van der Waals surface area contributed by atoms with Crippen LogP contribution in [0.1, 0.15) is 15.9 Å². The summed E-state index contributed by atoms with van der Waals surface area (Å²) in [5.74, 6) is 0.698. The van der Waals surface area contributed by atoms with Crippen LogP contribution in [0.5, 0.6) is 5.75 Å². The van der Waals surface area contributed by atoms with Crippen molar-refractivity contribution in [3.8, 4) is 5.75 Å². The average molecular weight is 310 g/mol. The monoisotopic (exact) mass is 310 g/mol. The number of carbonyl (C=O) groups excluding carboxylic acids is 1. The number of fused-ring (bicyclic) bond motifs is 2. The highest BCUT2D eigenvalue weighted by molar-refractivity contribution is 5.96. The van der Waals surface area contributed by atoms with Crippen LogP contribution in [0.2, 0.25) is 0 Å². The summed E-state index contributed by atoms with van der Waals surface area (Å²) in [5.41, 5.74) is 1.85. The van der Waals surface area contributed by atoms with Gasteiger partial charge in [0.1, 0.15) is 17.5 Å². The van der Waals surface area contributed by atoms with Crippen molar-refractivity contribution in [3.05, 3.63) is 52.2 Å². The number of carbonyl (C=O) groups is 1. The van der Waals surface area contributed by atoms with E-state index < -0.39 is 0 Å². The van der Waals surface area contributed by atoms with Crippen LogP contribution in [0, 0.1) is 0 Å². The lowest BCUT2D eigenvalue weighted by molar-refractivity contribution is 0.0970. The lowest BCUT2D eigenvalue weighted by Crippen LogP contribution is -2.24. The first-order valence-corrected chi connectivity index (χ1v) is 7.29. The fourth-order valence-electron chi connectivity index (χ4n) is 2.79. The summed E-state index contributed by atoms with van der Waals surface area (Å²) in [6, 6.07) is 5.38. The molecule has 1 aliphatic rings. The van der Waals surface area contributed by atoms with Gasteiger partial charge in [0, 0.05) is 19.0 Å². The van der Waals surface area contributed by atoms with E-state index in [9.17, 15) is 9.59 Å². The molecule has 0 fully saturated rings. The zero-order valence-corrected chi connectivity index (χ0v) is 12.5. The molecule has 0 unspecified atom stereocenters. The zero-order valence-electron chi connectivity index (χ0n) is 12.5. The fourth-order valence-corrected chi connectivity index (χ4v) is 2.79. The highest BCUT2D eigenvalue weighted by Crippen LogP contribution is 2.26. The second-order valence-corrected chi connectivity index (χ2v) is 5.53. The van der Waals surface area contributed by atoms with E-state index in [2.05, 4.69) is 10.1 Å². The van der Waals surface area contributed by atoms with Crippen molar-refractivity contribution in [3.63, 3.8) is 0 Å². The van der Waals surface area contributed by atoms with Gasteiger partial charge >= 0.3 is 0 Å². The molecular formula is C16H14N4O3. The van der Waals surface area contributed by atoms with Crippen molar-refractivity contribution in [1.82, 2.24) is 19.3 Å². The number of Topliss-reactive ketones (excluding diaryl/α,β-unsaturated/α-hetero) is 1. The molecule has 3 heterocycles. The van der Waals surface area contributed by atoms with Gasteiger partial charge in [-0.25, -0.2) is 4.98 Å². The second kappa shape index (κ2) is 5.05. The van der Waals surface area contributed by atoms with Gasteiger partial charge in [-0.15, -0.1) is 0 Å². The molecule has 4 rings (SSSR count). The summed E-state index contributed by atoms with van der Waals surface area (Å²) in [4.78, 5) is 29.0. The van der Waals surface area contributed by atoms with Crippen molar-refractivity contribution in [1.29, 1.82) is 0 Å². The lowest BCUT2D eigenvalue weighted by Gasteiger charge is -2.06. The van der Waals surface area contributed by atoms with Crippen LogP contribution >= 0.6 is 0 Å². The maximum atomic E-state index is 12.5. The molecule has 0 atom stereocenters. The molecule has 0 saturated heterocycles. The summed E-state index contributed by atoms with van der Waals surface area (Å²) in [5, 5.41) is 4.42. The van der Waals surface area contributed by atoms with E-state index in [1.54, 1.807) is 19.2 Å². The summed E-state index contributed by atoms with van der Waals surface area (Å²) in [7, 11) is 1.72. The Labute approximate surface area is 131 Å². The molecule has 1 aliphatic heterocycles. The van der Waals surface area contributed by atoms with Crippen molar-refractivity contribution < 1.29 is 9.53 Å². The van der Waals surface area contributed by atoms with Crippen molar-refractivity contribution in [2.75, 3.05) is 6.61 Å². The highest BCUT2D eigenvalue weighted by Gasteiger charge is 2.16. The van der Waals surface area contributed by atoms with Crippen molar-refractivity contribution >= 4 is 16.8 Å². The normalized spacial score (nSPS) is 13.1. The van der Waals surface area contributed by atoms with Gasteiger partial charge in [-0.1, -0.05) is 0 Å². The fraction of sp³-hybridized carbons (Fsp3) is 0.250. The smallest absolute Gasteiger partial charge is 0.264 e. The van der Waals surface area contributed by atoms with E-state index in [-0.39, 0.29) is 17.9 Å². The molecule has 0 aliphatic carbocycles. The molecular weight excluding hydrogens is 296 g/mol. The topological polar surface area (TPSA) is 79.0 Å². The number of ether oxygens (including phenoxy) is 1. The number of benzene rings is 1. The van der Waals surface area contributed by atoms with E-state index in [0.717, 1.165) is 17.7 Å². The third kappa shape index (κ3) is 2.21. The summed E-state index contributed by atoms with van der Waals surface area (Å²) in [6.07, 6.45) is 3.67. The van der Waals surface area contributed by atoms with Gasteiger partial charge in [0.25, 0.3) is 5.56 Å². The Balaban J connectivity index is 1.66. The Morgan fingerprint density at radius 2 is 2.26 bits per heavy atom. The highest BCUT2D eigenvalue weighted by atomic mass is 16.5. The van der Waals surface area contributed by atoms with Gasteiger partial charge in [0.2, 0.25) is 0 Å². The van der Waals surface area contributed by atoms with Gasteiger partial charge in [-0.3, -0.25) is 18.8 Å². The molecule has 0 radical (unpaired) electrons. The first-order valence-electron chi connectivity index (χ1n) is 7.29. The van der Waals surface area contributed by atoms with Crippen LogP contribution in [0.25, 0.3) is 11.0 Å². The number of nitrogens with zero attached hydrogens (tertiary/aromatic N) is 4. The van der Waals surface area contributed by atoms with Crippen LogP contribution in [0.15, 0.2) is 35.5 Å². The first-order chi connectivity index (χ1) is 11.1. The molecule has 7 nitrogen and oxygen atoms in total. The SMILES string of the molecule is Cn1ncc2c(=O)n(CC(=O)c3ccc4c(c3)CCO4)cnc21. The molecule has 7 heteroatoms. The van der Waals surface area contributed by atoms with Crippen LogP contribution in [-0.4, -0.2) is 31.7 Å². The van der Waals surface area contributed by atoms with Crippen molar-refractivity contribution in [2.45, 2.75) is 13.0 Å². The Bertz CT molecular complexity index is 987. The number of hydrogen-bond donors (Lipinski definition) is 0. The molecule has 2 aromatic heterocycles. The molecule has 0 bridgehead atoms. The summed E-state index contributed by atoms with van der Waals surface area (Å²) >= 11 is 0. The van der Waals surface area contributed by atoms with Crippen LogP contribution in [0.3, 0.4) is 0 Å². The molecule has 0 N–H and O–H groups in total. The Morgan fingerprint density at radius 1 is 1.39 bits per heavy atom. The Kier molecular flexibility index (Phi) is 3.00. The predicted molar refractivity (Wildman–Crippen MR) is 82.7 cm³/mol. The van der Waals surface area contributed by atoms with E-state index in [0.29, 0.717) is 23.2 Å². The maximum Gasteiger partial charge on any atom is 0.264 e. The number of aromatic nitrogens is 4. The van der Waals surface area contributed by atoms with E-state index in [4.69, 9.17) is 4.74 Å². The van der Waals surface area contributed by atoms with Crippen LogP contribution in [0.4, 0.5) is 0 Å². The first kappa shape index (κ1) is 13.7. The number of hydrogen-bond acceptors (Lipinski definition) is 5. The minimum absolute atomic E-state index is 0.0453. The Hall–Kier alpha value is -2.96. The second-order valence-electron chi connectivity index (χ2n) is 5.53. The van der Waals surface area contributed by atoms with E-state index in [1.807, 2.05) is 6.07 Å². The Morgan fingerprint density at radius 3 is 3.13 bits per heavy atom. The quantitative estimate of drug-likeness (QED) is 0.673. The minimum atomic E-state index is -0.263. The van der Waals surface area contributed by atoms with Gasteiger partial charge < -0.3 is 4.74 Å². The standard InChI is InChI=1S/C16H14N4O3/c1-19-15-12(7-18-19)16(22)20(9-17-15)8-13(21)10-2-3-14-11(6-10)4-5-23-14/h2-3,6-7,9H,4-5,8H2,1H3. The zero-order chi connectivity index (χ0) is 16.0. The largest absolute Gasteiger partial charge is 0.493 e. The third-order valence-corrected chi connectivity index (χ3v) is 4.04. The number of rotatable bonds is 3. The predicted octanol–water partition coefficient (Wildman–Crippen LogP) is 0.948. The molecule has 3 aromatic rings. The minimum Gasteiger partial charge on any atom is -0.493 e. The molecule has 1 aromatic carbocycles. The summed E-state index contributed by atoms with van der Waals surface area (Å²) < 4.78 is 8.28. The molecule has 0 amide bonds. The van der Waals surface area contributed by atoms with Gasteiger partial charge in [-0.2, -0.15) is 5.10 Å². The van der Waals surface area contributed by atoms with Crippen molar-refractivity contribution in [2.24, 2.45) is 7.05 Å². The lowest BCUT2D eigenvalue weighted by atomic mass is 10.1. The molecule has 23 heavy (non-hydrogen) atoms. The van der Waals surface area contributed by atoms with Gasteiger partial charge in [-0.05, 0) is 23.8 Å². The van der Waals surface area contributed by atoms with Crippen LogP contribution in [-0.2, 0) is 20.0 Å². The summed E-state index contributed by atoms with van der Waals surface area (Å²) in [6.45, 7) is 0.602. The third-order valence-electron chi connectivity index (χ3n) is 4.04. The average Bonchev–Trinajstić information content (AvgIpc) is 3.16. The van der Waals surface area contributed by atoms with E-state index >= 15 is 0 Å².